The van der Waals surface area contributed by atoms with Crippen molar-refractivity contribution in [3.8, 4) is 0 Å². The second-order valence-electron chi connectivity index (χ2n) is 4.53. The van der Waals surface area contributed by atoms with Crippen LogP contribution in [-0.2, 0) is 0 Å². The van der Waals surface area contributed by atoms with Crippen LogP contribution in [0.25, 0.3) is 0 Å². The Balaban J connectivity index is 1.93. The lowest BCUT2D eigenvalue weighted by atomic mass is 10.1. The first-order valence-corrected chi connectivity index (χ1v) is 7.41. The van der Waals surface area contributed by atoms with Crippen LogP contribution < -0.4 is 0 Å². The minimum absolute atomic E-state index is 0.454. The van der Waals surface area contributed by atoms with Gasteiger partial charge in [-0.3, -0.25) is 4.90 Å². The number of hydrogen-bond donors (Lipinski definition) is 1. The zero-order chi connectivity index (χ0) is 12.3. The molecule has 0 radical (unpaired) electrons. The number of likely N-dealkylation sites (N-methyl/N-ethyl adjacent to an activating group) is 1. The zero-order valence-electron chi connectivity index (χ0n) is 9.97. The largest absolute Gasteiger partial charge is 0.387 e. The number of aliphatic hydroxyl groups is 1. The smallest absolute Gasteiger partial charge is 0.0917 e. The summed E-state index contributed by atoms with van der Waals surface area (Å²) in [4.78, 5) is 2.26. The number of benzene rings is 1. The third kappa shape index (κ3) is 3.62. The van der Waals surface area contributed by atoms with Gasteiger partial charge in [0.05, 0.1) is 6.10 Å². The molecule has 0 aromatic heterocycles. The summed E-state index contributed by atoms with van der Waals surface area (Å²) in [7, 11) is 2.09. The minimum Gasteiger partial charge on any atom is -0.387 e. The lowest BCUT2D eigenvalue weighted by molar-refractivity contribution is 0.110. The van der Waals surface area contributed by atoms with Gasteiger partial charge in [-0.1, -0.05) is 23.7 Å². The van der Waals surface area contributed by atoms with Crippen LogP contribution in [0.1, 0.15) is 18.1 Å². The van der Waals surface area contributed by atoms with Crippen LogP contribution in [0.3, 0.4) is 0 Å². The Hall–Kier alpha value is -0.220. The summed E-state index contributed by atoms with van der Waals surface area (Å²) < 4.78 is 0. The van der Waals surface area contributed by atoms with Gasteiger partial charge in [-0.2, -0.15) is 11.8 Å². The first-order chi connectivity index (χ1) is 8.16. The standard InChI is InChI=1S/C13H18ClNOS/c1-15(12-5-6-17-9-12)8-13(16)10-3-2-4-11(14)7-10/h2-4,7,12-13,16H,5-6,8-9H2,1H3. The third-order valence-electron chi connectivity index (χ3n) is 3.22. The van der Waals surface area contributed by atoms with Gasteiger partial charge in [-0.15, -0.1) is 0 Å². The van der Waals surface area contributed by atoms with Gasteiger partial charge in [-0.25, -0.2) is 0 Å². The zero-order valence-corrected chi connectivity index (χ0v) is 11.5. The summed E-state index contributed by atoms with van der Waals surface area (Å²) in [6.07, 6.45) is 0.771. The second kappa shape index (κ2) is 6.10. The summed E-state index contributed by atoms with van der Waals surface area (Å²) in [5, 5.41) is 10.8. The molecule has 2 atom stereocenters. The van der Waals surface area contributed by atoms with Crippen molar-refractivity contribution < 1.29 is 5.11 Å². The van der Waals surface area contributed by atoms with Crippen LogP contribution in [0.15, 0.2) is 24.3 Å². The maximum atomic E-state index is 10.2. The van der Waals surface area contributed by atoms with Crippen LogP contribution in [0, 0.1) is 0 Å². The fourth-order valence-electron chi connectivity index (χ4n) is 2.11. The first-order valence-electron chi connectivity index (χ1n) is 5.88. The third-order valence-corrected chi connectivity index (χ3v) is 4.60. The van der Waals surface area contributed by atoms with Crippen molar-refractivity contribution in [3.05, 3.63) is 34.9 Å². The van der Waals surface area contributed by atoms with Crippen LogP contribution in [0.4, 0.5) is 0 Å². The van der Waals surface area contributed by atoms with Gasteiger partial charge in [0.1, 0.15) is 0 Å². The molecule has 1 heterocycles. The predicted molar refractivity (Wildman–Crippen MR) is 74.8 cm³/mol. The van der Waals surface area contributed by atoms with E-state index in [0.717, 1.165) is 5.56 Å². The molecule has 1 aromatic carbocycles. The molecule has 4 heteroatoms. The highest BCUT2D eigenvalue weighted by molar-refractivity contribution is 7.99. The molecule has 0 bridgehead atoms. The molecule has 1 fully saturated rings. The van der Waals surface area contributed by atoms with E-state index in [2.05, 4.69) is 11.9 Å². The van der Waals surface area contributed by atoms with Crippen molar-refractivity contribution in [1.82, 2.24) is 4.90 Å². The van der Waals surface area contributed by atoms with E-state index >= 15 is 0 Å². The monoisotopic (exact) mass is 271 g/mol. The summed E-state index contributed by atoms with van der Waals surface area (Å²) >= 11 is 7.92. The summed E-state index contributed by atoms with van der Waals surface area (Å²) in [6.45, 7) is 0.672. The van der Waals surface area contributed by atoms with Crippen molar-refractivity contribution in [2.75, 3.05) is 25.1 Å². The Morgan fingerprint density at radius 3 is 3.06 bits per heavy atom. The number of hydrogen-bond acceptors (Lipinski definition) is 3. The second-order valence-corrected chi connectivity index (χ2v) is 6.11. The predicted octanol–water partition coefficient (Wildman–Crippen LogP) is 2.81. The Kier molecular flexibility index (Phi) is 4.74. The molecule has 2 unspecified atom stereocenters. The molecule has 94 valence electrons. The molecule has 1 aliphatic rings. The van der Waals surface area contributed by atoms with Crippen LogP contribution in [0.5, 0.6) is 0 Å². The van der Waals surface area contributed by atoms with Crippen molar-refractivity contribution >= 4 is 23.4 Å². The highest BCUT2D eigenvalue weighted by Gasteiger charge is 2.22. The van der Waals surface area contributed by atoms with Crippen LogP contribution in [0.2, 0.25) is 5.02 Å². The fourth-order valence-corrected chi connectivity index (χ4v) is 3.61. The van der Waals surface area contributed by atoms with E-state index in [0.29, 0.717) is 17.6 Å². The normalized spacial score (nSPS) is 22.0. The van der Waals surface area contributed by atoms with Gasteiger partial charge in [0.25, 0.3) is 0 Å². The molecule has 2 rings (SSSR count). The fraction of sp³-hybridized carbons (Fsp3) is 0.538. The van der Waals surface area contributed by atoms with Crippen LogP contribution in [-0.4, -0.2) is 41.1 Å². The lowest BCUT2D eigenvalue weighted by Gasteiger charge is -2.26. The maximum absolute atomic E-state index is 10.2. The molecule has 0 spiro atoms. The molecule has 17 heavy (non-hydrogen) atoms. The van der Waals surface area contributed by atoms with Crippen LogP contribution >= 0.6 is 23.4 Å². The quantitative estimate of drug-likeness (QED) is 0.911. The van der Waals surface area contributed by atoms with Crippen molar-refractivity contribution in [3.63, 3.8) is 0 Å². The Labute approximate surface area is 112 Å². The van der Waals surface area contributed by atoms with E-state index in [1.807, 2.05) is 36.0 Å². The van der Waals surface area contributed by atoms with E-state index in [1.54, 1.807) is 0 Å². The van der Waals surface area contributed by atoms with Gasteiger partial charge in [-0.05, 0) is 36.9 Å². The highest BCUT2D eigenvalue weighted by atomic mass is 35.5. The Morgan fingerprint density at radius 1 is 1.59 bits per heavy atom. The summed E-state index contributed by atoms with van der Waals surface area (Å²) in [5.74, 6) is 2.42. The van der Waals surface area contributed by atoms with Gasteiger partial charge in [0, 0.05) is 23.4 Å². The Bertz CT molecular complexity index is 368. The van der Waals surface area contributed by atoms with Crippen molar-refractivity contribution in [1.29, 1.82) is 0 Å². The van der Waals surface area contributed by atoms with E-state index < -0.39 is 6.10 Å². The number of rotatable bonds is 4. The van der Waals surface area contributed by atoms with Gasteiger partial charge in [0.15, 0.2) is 0 Å². The van der Waals surface area contributed by atoms with Gasteiger partial charge >= 0.3 is 0 Å². The van der Waals surface area contributed by atoms with E-state index in [4.69, 9.17) is 11.6 Å². The molecule has 1 saturated heterocycles. The molecule has 0 saturated carbocycles. The average Bonchev–Trinajstić information content (AvgIpc) is 2.82. The molecule has 1 N–H and O–H groups in total. The summed E-state index contributed by atoms with van der Waals surface area (Å²) in [5.41, 5.74) is 0.898. The molecule has 0 amide bonds. The SMILES string of the molecule is CN(CC(O)c1cccc(Cl)c1)C1CCSC1. The highest BCUT2D eigenvalue weighted by Crippen LogP contribution is 2.24. The number of aliphatic hydroxyl groups excluding tert-OH is 1. The molecular weight excluding hydrogens is 254 g/mol. The topological polar surface area (TPSA) is 23.5 Å². The minimum atomic E-state index is -0.454. The molecule has 0 aliphatic carbocycles. The molecule has 1 aromatic rings. The van der Waals surface area contributed by atoms with E-state index in [1.165, 1.54) is 17.9 Å². The van der Waals surface area contributed by atoms with Crippen molar-refractivity contribution in [2.24, 2.45) is 0 Å². The van der Waals surface area contributed by atoms with E-state index in [-0.39, 0.29) is 0 Å². The Morgan fingerprint density at radius 2 is 2.41 bits per heavy atom. The number of halogens is 1. The number of nitrogens with zero attached hydrogens (tertiary/aromatic N) is 1. The van der Waals surface area contributed by atoms with Gasteiger partial charge < -0.3 is 5.11 Å². The van der Waals surface area contributed by atoms with E-state index in [9.17, 15) is 5.11 Å². The van der Waals surface area contributed by atoms with Gasteiger partial charge in [0.2, 0.25) is 0 Å². The average molecular weight is 272 g/mol. The molecule has 1 aliphatic heterocycles. The maximum Gasteiger partial charge on any atom is 0.0917 e. The number of thioether (sulfide) groups is 1. The van der Waals surface area contributed by atoms with Crippen molar-refractivity contribution in [2.45, 2.75) is 18.6 Å². The molecular formula is C13H18ClNOS. The molecule has 2 nitrogen and oxygen atoms in total. The lowest BCUT2D eigenvalue weighted by Crippen LogP contribution is -2.34. The first kappa shape index (κ1) is 13.2. The summed E-state index contributed by atoms with van der Waals surface area (Å²) in [6, 6.07) is 8.08.